The van der Waals surface area contributed by atoms with E-state index >= 15 is 0 Å². The van der Waals surface area contributed by atoms with Gasteiger partial charge in [-0.3, -0.25) is 4.79 Å². The summed E-state index contributed by atoms with van der Waals surface area (Å²) in [6.07, 6.45) is 5.27. The van der Waals surface area contributed by atoms with Crippen molar-refractivity contribution in [3.8, 4) is 0 Å². The normalized spacial score (nSPS) is 22.0. The highest BCUT2D eigenvalue weighted by Gasteiger charge is 2.35. The Bertz CT molecular complexity index is 430. The van der Waals surface area contributed by atoms with Gasteiger partial charge in [-0.15, -0.1) is 0 Å². The quantitative estimate of drug-likeness (QED) is 0.834. The Kier molecular flexibility index (Phi) is 3.90. The van der Waals surface area contributed by atoms with E-state index < -0.39 is 0 Å². The van der Waals surface area contributed by atoms with Gasteiger partial charge in [-0.1, -0.05) is 38.8 Å². The first-order chi connectivity index (χ1) is 8.71. The molecule has 1 heterocycles. The summed E-state index contributed by atoms with van der Waals surface area (Å²) < 4.78 is 0. The molecule has 1 aromatic carbocycles. The lowest BCUT2D eigenvalue weighted by atomic mass is 9.93. The lowest BCUT2D eigenvalue weighted by molar-refractivity contribution is 0.0888. The number of hydrogen-bond donors (Lipinski definition) is 2. The molecule has 2 rings (SSSR count). The van der Waals surface area contributed by atoms with E-state index in [9.17, 15) is 4.79 Å². The number of unbranched alkanes of at least 4 members (excludes halogenated alkanes) is 1. The van der Waals surface area contributed by atoms with Crippen LogP contribution in [0.25, 0.3) is 0 Å². The lowest BCUT2D eigenvalue weighted by Crippen LogP contribution is -2.57. The Morgan fingerprint density at radius 2 is 1.83 bits per heavy atom. The molecule has 0 bridgehead atoms. The molecule has 0 aliphatic carbocycles. The Morgan fingerprint density at radius 1 is 1.06 bits per heavy atom. The number of para-hydroxylation sites is 1. The van der Waals surface area contributed by atoms with Crippen LogP contribution >= 0.6 is 0 Å². The third kappa shape index (κ3) is 2.50. The third-order valence-corrected chi connectivity index (χ3v) is 3.53. The van der Waals surface area contributed by atoms with Crippen LogP contribution < -0.4 is 10.6 Å². The second-order valence-corrected chi connectivity index (χ2v) is 5.06. The highest BCUT2D eigenvalue weighted by atomic mass is 16.2. The minimum atomic E-state index is -0.254. The summed E-state index contributed by atoms with van der Waals surface area (Å²) in [5, 5.41) is 6.72. The van der Waals surface area contributed by atoms with Crippen LogP contribution in [0.2, 0.25) is 0 Å². The monoisotopic (exact) mass is 246 g/mol. The van der Waals surface area contributed by atoms with E-state index in [1.54, 1.807) is 0 Å². The molecular weight excluding hydrogens is 224 g/mol. The summed E-state index contributed by atoms with van der Waals surface area (Å²) in [6, 6.07) is 7.73. The standard InChI is InChI=1S/C15H22N2O/c1-3-5-11-15(10-4-2)16-13-9-7-6-8-12(13)14(18)17-15/h6-9,16H,3-5,10-11H2,1-2H3,(H,17,18). The van der Waals surface area contributed by atoms with E-state index in [-0.39, 0.29) is 11.6 Å². The largest absolute Gasteiger partial charge is 0.362 e. The molecule has 98 valence electrons. The number of rotatable bonds is 5. The number of hydrogen-bond acceptors (Lipinski definition) is 2. The minimum Gasteiger partial charge on any atom is -0.362 e. The minimum absolute atomic E-state index is 0.0499. The molecule has 0 radical (unpaired) electrons. The summed E-state index contributed by atoms with van der Waals surface area (Å²) in [5.74, 6) is 0.0499. The van der Waals surface area contributed by atoms with Gasteiger partial charge in [-0.2, -0.15) is 0 Å². The van der Waals surface area contributed by atoms with Gasteiger partial charge in [-0.05, 0) is 31.4 Å². The lowest BCUT2D eigenvalue weighted by Gasteiger charge is -2.40. The van der Waals surface area contributed by atoms with Gasteiger partial charge < -0.3 is 10.6 Å². The highest BCUT2D eigenvalue weighted by molar-refractivity contribution is 6.02. The van der Waals surface area contributed by atoms with E-state index in [4.69, 9.17) is 0 Å². The fourth-order valence-electron chi connectivity index (χ4n) is 2.64. The number of anilines is 1. The average Bonchev–Trinajstić information content (AvgIpc) is 2.37. The third-order valence-electron chi connectivity index (χ3n) is 3.53. The van der Waals surface area contributed by atoms with Crippen molar-refractivity contribution in [1.29, 1.82) is 0 Å². The Hall–Kier alpha value is -1.51. The number of amides is 1. The first kappa shape index (κ1) is 12.9. The zero-order chi connectivity index (χ0) is 13.0. The molecule has 0 aromatic heterocycles. The Balaban J connectivity index is 2.27. The second-order valence-electron chi connectivity index (χ2n) is 5.06. The molecule has 0 fully saturated rings. The van der Waals surface area contributed by atoms with E-state index in [0.29, 0.717) is 0 Å². The molecule has 2 N–H and O–H groups in total. The van der Waals surface area contributed by atoms with Crippen LogP contribution in [0.5, 0.6) is 0 Å². The first-order valence-corrected chi connectivity index (χ1v) is 6.90. The molecule has 0 spiro atoms. The summed E-state index contributed by atoms with van der Waals surface area (Å²) >= 11 is 0. The van der Waals surface area contributed by atoms with Crippen molar-refractivity contribution in [2.45, 2.75) is 51.6 Å². The van der Waals surface area contributed by atoms with Crippen LogP contribution in [-0.2, 0) is 0 Å². The van der Waals surface area contributed by atoms with Crippen LogP contribution in [0, 0.1) is 0 Å². The number of nitrogens with one attached hydrogen (secondary N) is 2. The van der Waals surface area contributed by atoms with Gasteiger partial charge in [0.2, 0.25) is 0 Å². The van der Waals surface area contributed by atoms with Crippen LogP contribution in [0.3, 0.4) is 0 Å². The van der Waals surface area contributed by atoms with Crippen LogP contribution in [0.15, 0.2) is 24.3 Å². The van der Waals surface area contributed by atoms with E-state index in [2.05, 4.69) is 24.5 Å². The SMILES string of the molecule is CCCCC1(CCC)NC(=O)c2ccccc2N1. The van der Waals surface area contributed by atoms with Crippen molar-refractivity contribution in [3.05, 3.63) is 29.8 Å². The fraction of sp³-hybridized carbons (Fsp3) is 0.533. The van der Waals surface area contributed by atoms with E-state index in [1.165, 1.54) is 0 Å². The highest BCUT2D eigenvalue weighted by Crippen LogP contribution is 2.30. The van der Waals surface area contributed by atoms with Crippen LogP contribution in [0.1, 0.15) is 56.3 Å². The average molecular weight is 246 g/mol. The molecule has 3 nitrogen and oxygen atoms in total. The van der Waals surface area contributed by atoms with Gasteiger partial charge in [-0.25, -0.2) is 0 Å². The van der Waals surface area contributed by atoms with Gasteiger partial charge in [0.25, 0.3) is 5.91 Å². The van der Waals surface area contributed by atoms with Crippen molar-refractivity contribution in [1.82, 2.24) is 5.32 Å². The number of benzene rings is 1. The first-order valence-electron chi connectivity index (χ1n) is 6.90. The summed E-state index contributed by atoms with van der Waals surface area (Å²) in [7, 11) is 0. The van der Waals surface area contributed by atoms with E-state index in [0.717, 1.165) is 43.4 Å². The second kappa shape index (κ2) is 5.42. The number of carbonyl (C=O) groups excluding carboxylic acids is 1. The number of carbonyl (C=O) groups is 1. The predicted octanol–water partition coefficient (Wildman–Crippen LogP) is 3.53. The molecule has 18 heavy (non-hydrogen) atoms. The van der Waals surface area contributed by atoms with Gasteiger partial charge in [0.15, 0.2) is 0 Å². The van der Waals surface area contributed by atoms with E-state index in [1.807, 2.05) is 24.3 Å². The predicted molar refractivity (Wildman–Crippen MR) is 74.7 cm³/mol. The Labute approximate surface area is 109 Å². The van der Waals surface area contributed by atoms with Crippen molar-refractivity contribution in [2.24, 2.45) is 0 Å². The topological polar surface area (TPSA) is 41.1 Å². The summed E-state index contributed by atoms with van der Waals surface area (Å²) in [5.41, 5.74) is 1.46. The molecule has 3 heteroatoms. The van der Waals surface area contributed by atoms with Crippen LogP contribution in [-0.4, -0.2) is 11.6 Å². The molecule has 1 aromatic rings. The summed E-state index contributed by atoms with van der Waals surface area (Å²) in [6.45, 7) is 4.33. The molecular formula is C15H22N2O. The van der Waals surface area contributed by atoms with Crippen molar-refractivity contribution in [2.75, 3.05) is 5.32 Å². The van der Waals surface area contributed by atoms with Crippen molar-refractivity contribution in [3.63, 3.8) is 0 Å². The maximum absolute atomic E-state index is 12.2. The van der Waals surface area contributed by atoms with Gasteiger partial charge in [0.1, 0.15) is 5.66 Å². The summed E-state index contributed by atoms with van der Waals surface area (Å²) in [4.78, 5) is 12.2. The zero-order valence-corrected chi connectivity index (χ0v) is 11.3. The number of fused-ring (bicyclic) bond motifs is 1. The zero-order valence-electron chi connectivity index (χ0n) is 11.3. The molecule has 1 aliphatic rings. The maximum atomic E-state index is 12.2. The molecule has 1 aliphatic heterocycles. The van der Waals surface area contributed by atoms with Gasteiger partial charge in [0, 0.05) is 5.69 Å². The maximum Gasteiger partial charge on any atom is 0.255 e. The smallest absolute Gasteiger partial charge is 0.255 e. The van der Waals surface area contributed by atoms with Crippen molar-refractivity contribution < 1.29 is 4.79 Å². The molecule has 1 amide bonds. The van der Waals surface area contributed by atoms with Gasteiger partial charge in [0.05, 0.1) is 5.56 Å². The molecule has 0 saturated carbocycles. The molecule has 0 saturated heterocycles. The van der Waals surface area contributed by atoms with Crippen molar-refractivity contribution >= 4 is 11.6 Å². The van der Waals surface area contributed by atoms with Gasteiger partial charge >= 0.3 is 0 Å². The fourth-order valence-corrected chi connectivity index (χ4v) is 2.64. The Morgan fingerprint density at radius 3 is 2.56 bits per heavy atom. The van der Waals surface area contributed by atoms with Crippen LogP contribution in [0.4, 0.5) is 5.69 Å². The molecule has 1 atom stereocenters. The molecule has 1 unspecified atom stereocenters.